The van der Waals surface area contributed by atoms with Gasteiger partial charge in [0.15, 0.2) is 6.16 Å². The summed E-state index contributed by atoms with van der Waals surface area (Å²) in [5.41, 5.74) is 5.37. The summed E-state index contributed by atoms with van der Waals surface area (Å²) in [4.78, 5) is 8.48. The van der Waals surface area contributed by atoms with Crippen molar-refractivity contribution in [3.63, 3.8) is 0 Å². The second kappa shape index (κ2) is 2.33. The van der Waals surface area contributed by atoms with E-state index in [2.05, 4.69) is 0 Å². The van der Waals surface area contributed by atoms with Crippen molar-refractivity contribution in [3.8, 4) is 0 Å². The maximum Gasteiger partial charge on any atom is 0.507 e. The summed E-state index contributed by atoms with van der Waals surface area (Å²) in [6.45, 7) is 0. The second-order valence-electron chi connectivity index (χ2n) is 2.73. The van der Waals surface area contributed by atoms with Gasteiger partial charge in [-0.2, -0.15) is 4.89 Å². The van der Waals surface area contributed by atoms with Crippen LogP contribution in [-0.2, 0) is 4.57 Å². The largest absolute Gasteiger partial charge is 0.507 e. The van der Waals surface area contributed by atoms with Gasteiger partial charge in [-0.05, 0) is 23.8 Å². The zero-order valence-electron chi connectivity index (χ0n) is 5.21. The van der Waals surface area contributed by atoms with Gasteiger partial charge in [0.2, 0.25) is 0 Å². The molecule has 9 heavy (non-hydrogen) atoms. The number of nitrogens with two attached hydrogens (primary N) is 1. The van der Waals surface area contributed by atoms with Crippen LogP contribution in [-0.4, -0.2) is 16.6 Å². The van der Waals surface area contributed by atoms with Crippen LogP contribution in [0.25, 0.3) is 0 Å². The first-order valence-electron chi connectivity index (χ1n) is 3.05. The first-order valence-corrected chi connectivity index (χ1v) is 4.45. The SMILES string of the molecule is NC1(C[P+](=O)O)CCC1. The molecular formula is C5H11NO2P+. The Bertz CT molecular complexity index is 133. The topological polar surface area (TPSA) is 63.3 Å². The van der Waals surface area contributed by atoms with Gasteiger partial charge in [0.25, 0.3) is 0 Å². The molecule has 0 amide bonds. The molecule has 0 aliphatic heterocycles. The van der Waals surface area contributed by atoms with Crippen molar-refractivity contribution in [2.24, 2.45) is 5.73 Å². The predicted octanol–water partition coefficient (Wildman–Crippen LogP) is 0.603. The van der Waals surface area contributed by atoms with E-state index >= 15 is 0 Å². The van der Waals surface area contributed by atoms with Gasteiger partial charge < -0.3 is 5.73 Å². The monoisotopic (exact) mass is 148 g/mol. The minimum atomic E-state index is -2.02. The minimum Gasteiger partial charge on any atom is -0.321 e. The highest BCUT2D eigenvalue weighted by atomic mass is 31.1. The van der Waals surface area contributed by atoms with Crippen molar-refractivity contribution in [1.82, 2.24) is 0 Å². The van der Waals surface area contributed by atoms with E-state index in [4.69, 9.17) is 10.6 Å². The molecule has 3 nitrogen and oxygen atoms in total. The van der Waals surface area contributed by atoms with E-state index in [0.717, 1.165) is 19.3 Å². The molecule has 1 aliphatic carbocycles. The summed E-state index contributed by atoms with van der Waals surface area (Å²) < 4.78 is 10.3. The Morgan fingerprint density at radius 1 is 1.67 bits per heavy atom. The molecule has 52 valence electrons. The maximum atomic E-state index is 10.3. The van der Waals surface area contributed by atoms with Gasteiger partial charge in [0.05, 0.1) is 5.54 Å². The van der Waals surface area contributed by atoms with Crippen LogP contribution >= 0.6 is 8.03 Å². The van der Waals surface area contributed by atoms with E-state index in [0.29, 0.717) is 0 Å². The zero-order valence-corrected chi connectivity index (χ0v) is 6.10. The molecule has 0 radical (unpaired) electrons. The fourth-order valence-electron chi connectivity index (χ4n) is 1.06. The van der Waals surface area contributed by atoms with Crippen LogP contribution in [0.3, 0.4) is 0 Å². The highest BCUT2D eigenvalue weighted by Gasteiger charge is 2.39. The molecule has 0 aromatic heterocycles. The summed E-state index contributed by atoms with van der Waals surface area (Å²) in [5.74, 6) is 0. The number of rotatable bonds is 2. The molecule has 1 aliphatic rings. The van der Waals surface area contributed by atoms with Crippen molar-refractivity contribution >= 4 is 8.03 Å². The molecule has 0 aromatic rings. The third-order valence-electron chi connectivity index (χ3n) is 1.80. The van der Waals surface area contributed by atoms with Crippen LogP contribution < -0.4 is 5.73 Å². The average Bonchev–Trinajstić information content (AvgIpc) is 1.60. The van der Waals surface area contributed by atoms with Gasteiger partial charge in [0, 0.05) is 0 Å². The van der Waals surface area contributed by atoms with Crippen molar-refractivity contribution < 1.29 is 9.46 Å². The van der Waals surface area contributed by atoms with E-state index in [1.807, 2.05) is 0 Å². The molecule has 1 fully saturated rings. The van der Waals surface area contributed by atoms with Gasteiger partial charge in [-0.3, -0.25) is 0 Å². The van der Waals surface area contributed by atoms with Crippen LogP contribution in [0.5, 0.6) is 0 Å². The number of hydrogen-bond acceptors (Lipinski definition) is 2. The maximum absolute atomic E-state index is 10.3. The van der Waals surface area contributed by atoms with E-state index in [1.54, 1.807) is 0 Å². The van der Waals surface area contributed by atoms with E-state index in [-0.39, 0.29) is 11.7 Å². The Morgan fingerprint density at radius 2 is 2.22 bits per heavy atom. The first kappa shape index (κ1) is 7.13. The first-order chi connectivity index (χ1) is 4.12. The fraction of sp³-hybridized carbons (Fsp3) is 1.00. The van der Waals surface area contributed by atoms with Crippen LogP contribution in [0.2, 0.25) is 0 Å². The Kier molecular flexibility index (Phi) is 1.85. The van der Waals surface area contributed by atoms with Crippen LogP contribution in [0.15, 0.2) is 0 Å². The molecule has 1 unspecified atom stereocenters. The van der Waals surface area contributed by atoms with E-state index < -0.39 is 8.03 Å². The Labute approximate surface area is 55.1 Å². The Morgan fingerprint density at radius 3 is 2.33 bits per heavy atom. The molecule has 1 atom stereocenters. The lowest BCUT2D eigenvalue weighted by atomic mass is 9.79. The van der Waals surface area contributed by atoms with E-state index in [9.17, 15) is 4.57 Å². The van der Waals surface area contributed by atoms with Gasteiger partial charge in [-0.1, -0.05) is 0 Å². The summed E-state index contributed by atoms with van der Waals surface area (Å²) in [6, 6.07) is 0. The number of hydrogen-bond donors (Lipinski definition) is 2. The molecule has 3 N–H and O–H groups in total. The highest BCUT2D eigenvalue weighted by Crippen LogP contribution is 2.35. The van der Waals surface area contributed by atoms with Crippen molar-refractivity contribution in [2.75, 3.05) is 6.16 Å². The molecule has 0 saturated heterocycles. The van der Waals surface area contributed by atoms with E-state index in [1.165, 1.54) is 0 Å². The quantitative estimate of drug-likeness (QED) is 0.563. The van der Waals surface area contributed by atoms with Crippen LogP contribution in [0.1, 0.15) is 19.3 Å². The highest BCUT2D eigenvalue weighted by molar-refractivity contribution is 7.38. The molecule has 1 rings (SSSR count). The van der Waals surface area contributed by atoms with Crippen LogP contribution in [0.4, 0.5) is 0 Å². The molecule has 4 heteroatoms. The molecule has 0 spiro atoms. The third kappa shape index (κ3) is 1.71. The van der Waals surface area contributed by atoms with Gasteiger partial charge in [-0.25, -0.2) is 0 Å². The lowest BCUT2D eigenvalue weighted by Crippen LogP contribution is -2.48. The van der Waals surface area contributed by atoms with Crippen LogP contribution in [0, 0.1) is 0 Å². The van der Waals surface area contributed by atoms with Gasteiger partial charge in [0.1, 0.15) is 0 Å². The van der Waals surface area contributed by atoms with Crippen molar-refractivity contribution in [3.05, 3.63) is 0 Å². The molecule has 0 heterocycles. The van der Waals surface area contributed by atoms with Gasteiger partial charge in [-0.15, -0.1) is 0 Å². The minimum absolute atomic E-state index is 0.280. The molecule has 1 saturated carbocycles. The van der Waals surface area contributed by atoms with Gasteiger partial charge >= 0.3 is 8.03 Å². The Balaban J connectivity index is 2.33. The summed E-state index contributed by atoms with van der Waals surface area (Å²) in [7, 11) is -2.02. The molecular weight excluding hydrogens is 137 g/mol. The smallest absolute Gasteiger partial charge is 0.321 e. The second-order valence-corrected chi connectivity index (χ2v) is 3.75. The lowest BCUT2D eigenvalue weighted by molar-refractivity contribution is 0.275. The summed E-state index contributed by atoms with van der Waals surface area (Å²) >= 11 is 0. The normalized spacial score (nSPS) is 24.9. The van der Waals surface area contributed by atoms with Crippen molar-refractivity contribution in [1.29, 1.82) is 0 Å². The lowest BCUT2D eigenvalue weighted by Gasteiger charge is -2.33. The predicted molar refractivity (Wildman–Crippen MR) is 35.5 cm³/mol. The average molecular weight is 148 g/mol. The standard InChI is InChI=1S/C5H10NO2P/c6-5(2-1-3-5)4-9(7)8/h1-4,6H2/p+1. The molecule has 0 bridgehead atoms. The Hall–Kier alpha value is 0.0200. The molecule has 0 aromatic carbocycles. The third-order valence-corrected chi connectivity index (χ3v) is 2.70. The summed E-state index contributed by atoms with van der Waals surface area (Å²) in [5, 5.41) is 0. The van der Waals surface area contributed by atoms with Crippen molar-refractivity contribution in [2.45, 2.75) is 24.8 Å². The zero-order chi connectivity index (χ0) is 6.91. The summed E-state index contributed by atoms with van der Waals surface area (Å²) in [6.07, 6.45) is 3.21. The fourth-order valence-corrected chi connectivity index (χ4v) is 1.91.